The minimum absolute atomic E-state index is 0.186. The number of hydrogen-bond donors (Lipinski definition) is 1. The molecule has 24 heavy (non-hydrogen) atoms. The molecule has 0 aliphatic carbocycles. The number of aryl methyl sites for hydroxylation is 1. The second kappa shape index (κ2) is 7.54. The quantitative estimate of drug-likeness (QED) is 0.919. The van der Waals surface area contributed by atoms with Gasteiger partial charge < -0.3 is 15.0 Å². The van der Waals surface area contributed by atoms with Gasteiger partial charge >= 0.3 is 0 Å². The van der Waals surface area contributed by atoms with Crippen molar-refractivity contribution < 1.29 is 4.74 Å². The van der Waals surface area contributed by atoms with Crippen LogP contribution in [0, 0.1) is 5.92 Å². The highest BCUT2D eigenvalue weighted by atomic mass is 16.5. The first-order valence-electron chi connectivity index (χ1n) is 9.89. The van der Waals surface area contributed by atoms with Gasteiger partial charge in [0.05, 0.1) is 5.60 Å². The Morgan fingerprint density at radius 2 is 2.00 bits per heavy atom. The maximum Gasteiger partial charge on any atom is 0.0721 e. The van der Waals surface area contributed by atoms with E-state index in [-0.39, 0.29) is 5.60 Å². The summed E-state index contributed by atoms with van der Waals surface area (Å²) in [6.45, 7) is 6.85. The zero-order valence-corrected chi connectivity index (χ0v) is 14.8. The Balaban J connectivity index is 1.24. The highest BCUT2D eigenvalue weighted by Gasteiger charge is 2.40. The monoisotopic (exact) mass is 332 g/mol. The Kier molecular flexibility index (Phi) is 5.20. The van der Waals surface area contributed by atoms with Gasteiger partial charge in [0.1, 0.15) is 0 Å². The van der Waals surface area contributed by atoms with Crippen LogP contribution in [-0.4, -0.2) is 59.1 Å². The van der Waals surface area contributed by atoms with Crippen molar-refractivity contribution in [3.05, 3.63) is 18.5 Å². The van der Waals surface area contributed by atoms with Gasteiger partial charge in [0.25, 0.3) is 0 Å². The van der Waals surface area contributed by atoms with Crippen molar-refractivity contribution in [3.8, 4) is 0 Å². The number of hydrogen-bond acceptors (Lipinski definition) is 4. The molecule has 5 heteroatoms. The second-order valence-electron chi connectivity index (χ2n) is 7.97. The molecule has 1 unspecified atom stereocenters. The van der Waals surface area contributed by atoms with E-state index in [1.54, 1.807) is 0 Å². The van der Waals surface area contributed by atoms with Crippen LogP contribution in [-0.2, 0) is 11.3 Å². The molecule has 5 nitrogen and oxygen atoms in total. The molecule has 0 radical (unpaired) electrons. The number of nitrogens with zero attached hydrogens (tertiary/aromatic N) is 3. The number of rotatable bonds is 4. The van der Waals surface area contributed by atoms with Crippen LogP contribution in [0.1, 0.15) is 44.9 Å². The van der Waals surface area contributed by atoms with Gasteiger partial charge in [-0.3, -0.25) is 4.68 Å². The Bertz CT molecular complexity index is 484. The summed E-state index contributed by atoms with van der Waals surface area (Å²) in [5.74, 6) is 0.873. The molecule has 3 aliphatic rings. The van der Waals surface area contributed by atoms with Gasteiger partial charge in [-0.15, -0.1) is 0 Å². The van der Waals surface area contributed by atoms with Crippen molar-refractivity contribution in [2.24, 2.45) is 5.92 Å². The highest BCUT2D eigenvalue weighted by molar-refractivity contribution is 4.94. The number of piperidine rings is 2. The molecule has 3 saturated heterocycles. The van der Waals surface area contributed by atoms with Crippen molar-refractivity contribution in [1.82, 2.24) is 20.0 Å². The molecular formula is C19H32N4O. The van der Waals surface area contributed by atoms with E-state index in [9.17, 15) is 0 Å². The summed E-state index contributed by atoms with van der Waals surface area (Å²) >= 11 is 0. The van der Waals surface area contributed by atoms with Crippen LogP contribution < -0.4 is 5.32 Å². The predicted octanol–water partition coefficient (Wildman–Crippen LogP) is 2.29. The van der Waals surface area contributed by atoms with Gasteiger partial charge in [0, 0.05) is 31.6 Å². The fourth-order valence-corrected chi connectivity index (χ4v) is 4.90. The van der Waals surface area contributed by atoms with E-state index in [4.69, 9.17) is 4.74 Å². The number of aromatic nitrogens is 2. The summed E-state index contributed by atoms with van der Waals surface area (Å²) in [5.41, 5.74) is 0.186. The molecule has 4 rings (SSSR count). The molecule has 0 bridgehead atoms. The lowest BCUT2D eigenvalue weighted by Crippen LogP contribution is -2.54. The second-order valence-corrected chi connectivity index (χ2v) is 7.97. The maximum atomic E-state index is 6.25. The lowest BCUT2D eigenvalue weighted by molar-refractivity contribution is -0.123. The number of ether oxygens (including phenoxy) is 1. The SMILES string of the molecule is c1cnn(CCC2CCN(C3CCOC4(CCNCC4)C3)CC2)c1. The number of nitrogens with one attached hydrogen (secondary N) is 1. The summed E-state index contributed by atoms with van der Waals surface area (Å²) in [6, 6.07) is 2.77. The molecule has 0 amide bonds. The van der Waals surface area contributed by atoms with Crippen LogP contribution in [0.2, 0.25) is 0 Å². The third-order valence-corrected chi connectivity index (χ3v) is 6.47. The van der Waals surface area contributed by atoms with Crippen molar-refractivity contribution >= 4 is 0 Å². The maximum absolute atomic E-state index is 6.25. The summed E-state index contributed by atoms with van der Waals surface area (Å²) in [4.78, 5) is 2.77. The van der Waals surface area contributed by atoms with Crippen LogP contribution in [0.5, 0.6) is 0 Å². The third-order valence-electron chi connectivity index (χ3n) is 6.47. The van der Waals surface area contributed by atoms with Gasteiger partial charge in [0.2, 0.25) is 0 Å². The normalized spacial score (nSPS) is 29.1. The first kappa shape index (κ1) is 16.6. The topological polar surface area (TPSA) is 42.3 Å². The van der Waals surface area contributed by atoms with Crippen LogP contribution in [0.25, 0.3) is 0 Å². The molecule has 1 atom stereocenters. The van der Waals surface area contributed by atoms with Crippen LogP contribution in [0.3, 0.4) is 0 Å². The van der Waals surface area contributed by atoms with E-state index >= 15 is 0 Å². The minimum Gasteiger partial charge on any atom is -0.375 e. The summed E-state index contributed by atoms with van der Waals surface area (Å²) in [7, 11) is 0. The fraction of sp³-hybridized carbons (Fsp3) is 0.842. The highest BCUT2D eigenvalue weighted by Crippen LogP contribution is 2.36. The standard InChI is InChI=1S/C19H32N4O/c1-8-21-23(11-1)14-4-17-2-12-22(13-3-17)18-5-15-24-19(16-18)6-9-20-10-7-19/h1,8,11,17-18,20H,2-7,9-10,12-16H2. The van der Waals surface area contributed by atoms with Crippen molar-refractivity contribution in [3.63, 3.8) is 0 Å². The average Bonchev–Trinajstić information content (AvgIpc) is 3.15. The van der Waals surface area contributed by atoms with E-state index in [0.29, 0.717) is 0 Å². The molecule has 1 aromatic rings. The summed E-state index contributed by atoms with van der Waals surface area (Å²) < 4.78 is 8.33. The van der Waals surface area contributed by atoms with Crippen LogP contribution in [0.15, 0.2) is 18.5 Å². The zero-order valence-electron chi connectivity index (χ0n) is 14.8. The Labute approximate surface area is 145 Å². The average molecular weight is 332 g/mol. The van der Waals surface area contributed by atoms with E-state index in [0.717, 1.165) is 38.2 Å². The number of likely N-dealkylation sites (tertiary alicyclic amines) is 1. The zero-order chi connectivity index (χ0) is 16.2. The van der Waals surface area contributed by atoms with Gasteiger partial charge in [-0.1, -0.05) is 0 Å². The summed E-state index contributed by atoms with van der Waals surface area (Å²) in [5, 5.41) is 7.81. The minimum atomic E-state index is 0.186. The fourth-order valence-electron chi connectivity index (χ4n) is 4.90. The van der Waals surface area contributed by atoms with Crippen molar-refractivity contribution in [2.75, 3.05) is 32.8 Å². The molecule has 1 spiro atoms. The van der Waals surface area contributed by atoms with E-state index < -0.39 is 0 Å². The molecule has 3 aliphatic heterocycles. The van der Waals surface area contributed by atoms with E-state index in [1.165, 1.54) is 58.0 Å². The first-order valence-corrected chi connectivity index (χ1v) is 9.89. The van der Waals surface area contributed by atoms with E-state index in [2.05, 4.69) is 26.2 Å². The largest absolute Gasteiger partial charge is 0.375 e. The van der Waals surface area contributed by atoms with Crippen molar-refractivity contribution in [2.45, 2.75) is 63.1 Å². The van der Waals surface area contributed by atoms with Gasteiger partial charge in [-0.05, 0) is 83.1 Å². The van der Waals surface area contributed by atoms with E-state index in [1.807, 2.05) is 12.3 Å². The first-order chi connectivity index (χ1) is 11.8. The van der Waals surface area contributed by atoms with Gasteiger partial charge in [0.15, 0.2) is 0 Å². The lowest BCUT2D eigenvalue weighted by atomic mass is 9.81. The molecule has 3 fully saturated rings. The molecule has 4 heterocycles. The van der Waals surface area contributed by atoms with Gasteiger partial charge in [-0.2, -0.15) is 5.10 Å². The molecule has 1 N–H and O–H groups in total. The Morgan fingerprint density at radius 3 is 2.75 bits per heavy atom. The Morgan fingerprint density at radius 1 is 1.17 bits per heavy atom. The molecule has 1 aromatic heterocycles. The molecule has 134 valence electrons. The predicted molar refractivity (Wildman–Crippen MR) is 94.9 cm³/mol. The summed E-state index contributed by atoms with van der Waals surface area (Å²) in [6.07, 6.45) is 12.8. The smallest absolute Gasteiger partial charge is 0.0721 e. The van der Waals surface area contributed by atoms with Gasteiger partial charge in [-0.25, -0.2) is 0 Å². The van der Waals surface area contributed by atoms with Crippen LogP contribution >= 0.6 is 0 Å². The Hall–Kier alpha value is -0.910. The molecule has 0 saturated carbocycles. The molecule has 0 aromatic carbocycles. The van der Waals surface area contributed by atoms with Crippen molar-refractivity contribution in [1.29, 1.82) is 0 Å². The van der Waals surface area contributed by atoms with Crippen LogP contribution in [0.4, 0.5) is 0 Å². The third kappa shape index (κ3) is 3.84. The molecular weight excluding hydrogens is 300 g/mol. The lowest BCUT2D eigenvalue weighted by Gasteiger charge is -2.48.